The Balaban J connectivity index is 2.60. The summed E-state index contributed by atoms with van der Waals surface area (Å²) in [5.74, 6) is -2.54. The average Bonchev–Trinajstić information content (AvgIpc) is 2.79. The van der Waals surface area contributed by atoms with Gasteiger partial charge < -0.3 is 14.6 Å². The van der Waals surface area contributed by atoms with Crippen molar-refractivity contribution in [1.82, 2.24) is 4.72 Å². The van der Waals surface area contributed by atoms with E-state index < -0.39 is 40.5 Å². The maximum absolute atomic E-state index is 11.8. The van der Waals surface area contributed by atoms with E-state index in [9.17, 15) is 18.0 Å². The first-order chi connectivity index (χ1) is 8.84. The predicted octanol–water partition coefficient (Wildman–Crippen LogP) is -0.899. The van der Waals surface area contributed by atoms with Gasteiger partial charge in [-0.25, -0.2) is 13.1 Å². The lowest BCUT2D eigenvalue weighted by Crippen LogP contribution is -2.44. The second kappa shape index (κ2) is 6.83. The minimum atomic E-state index is -3.83. The Labute approximate surface area is 111 Å². The summed E-state index contributed by atoms with van der Waals surface area (Å²) in [7, 11) is -2.73. The lowest BCUT2D eigenvalue weighted by atomic mass is 10.2. The van der Waals surface area contributed by atoms with Crippen molar-refractivity contribution >= 4 is 22.0 Å². The fourth-order valence-electron chi connectivity index (χ4n) is 1.71. The zero-order valence-electron chi connectivity index (χ0n) is 10.5. The summed E-state index contributed by atoms with van der Waals surface area (Å²) in [6, 6.07) is -1.53. The molecule has 1 unspecified atom stereocenters. The van der Waals surface area contributed by atoms with Crippen LogP contribution in [0.4, 0.5) is 0 Å². The van der Waals surface area contributed by atoms with E-state index in [0.717, 1.165) is 13.5 Å². The number of methoxy groups -OCH3 is 1. The van der Waals surface area contributed by atoms with Crippen LogP contribution in [0.2, 0.25) is 0 Å². The van der Waals surface area contributed by atoms with E-state index in [1.165, 1.54) is 0 Å². The summed E-state index contributed by atoms with van der Waals surface area (Å²) < 4.78 is 35.0. The standard InChI is InChI=1S/C10H17NO7S/c1-17-9(12)5-8(10(13)14)11-19(15,16)6-7-3-2-4-18-7/h7-8,11H,2-6H2,1H3,(H,13,14)/t7?,8-/m0/s1. The molecule has 1 rings (SSSR count). The minimum absolute atomic E-state index is 0.308. The first kappa shape index (κ1) is 15.9. The molecule has 0 radical (unpaired) electrons. The highest BCUT2D eigenvalue weighted by Crippen LogP contribution is 2.14. The molecule has 110 valence electrons. The molecule has 1 aliphatic heterocycles. The van der Waals surface area contributed by atoms with Gasteiger partial charge in [0.05, 0.1) is 25.4 Å². The third-order valence-corrected chi connectivity index (χ3v) is 4.10. The molecule has 0 spiro atoms. The number of aliphatic carboxylic acids is 1. The van der Waals surface area contributed by atoms with Gasteiger partial charge in [0.15, 0.2) is 0 Å². The molecule has 8 nitrogen and oxygen atoms in total. The maximum Gasteiger partial charge on any atom is 0.322 e. The number of carboxylic acids is 1. The Morgan fingerprint density at radius 3 is 2.68 bits per heavy atom. The van der Waals surface area contributed by atoms with Crippen molar-refractivity contribution in [1.29, 1.82) is 0 Å². The molecule has 0 aromatic rings. The average molecular weight is 295 g/mol. The number of carboxylic acid groups (broad SMARTS) is 1. The number of sulfonamides is 1. The topological polar surface area (TPSA) is 119 Å². The van der Waals surface area contributed by atoms with Crippen LogP contribution in [-0.2, 0) is 29.1 Å². The van der Waals surface area contributed by atoms with Crippen LogP contribution in [0.3, 0.4) is 0 Å². The summed E-state index contributed by atoms with van der Waals surface area (Å²) in [6.45, 7) is 0.505. The lowest BCUT2D eigenvalue weighted by Gasteiger charge is -2.15. The number of carbonyl (C=O) groups excluding carboxylic acids is 1. The number of hydrogen-bond donors (Lipinski definition) is 2. The Morgan fingerprint density at radius 1 is 1.53 bits per heavy atom. The van der Waals surface area contributed by atoms with Gasteiger partial charge in [-0.15, -0.1) is 0 Å². The molecule has 0 aromatic heterocycles. The number of nitrogens with one attached hydrogen (secondary N) is 1. The van der Waals surface area contributed by atoms with Crippen molar-refractivity contribution in [2.24, 2.45) is 0 Å². The number of carbonyl (C=O) groups is 2. The molecule has 19 heavy (non-hydrogen) atoms. The van der Waals surface area contributed by atoms with Gasteiger partial charge in [0.1, 0.15) is 6.04 Å². The number of esters is 1. The SMILES string of the molecule is COC(=O)C[C@H](NS(=O)(=O)CC1CCCO1)C(=O)O. The molecular weight excluding hydrogens is 278 g/mol. The zero-order valence-corrected chi connectivity index (χ0v) is 11.3. The monoisotopic (exact) mass is 295 g/mol. The third-order valence-electron chi connectivity index (χ3n) is 2.65. The van der Waals surface area contributed by atoms with Crippen LogP contribution in [-0.4, -0.2) is 57.1 Å². The van der Waals surface area contributed by atoms with Crippen LogP contribution in [0.25, 0.3) is 0 Å². The van der Waals surface area contributed by atoms with Crippen LogP contribution in [0.15, 0.2) is 0 Å². The van der Waals surface area contributed by atoms with E-state index in [1.54, 1.807) is 0 Å². The number of rotatable bonds is 7. The van der Waals surface area contributed by atoms with E-state index >= 15 is 0 Å². The van der Waals surface area contributed by atoms with Gasteiger partial charge in [0.25, 0.3) is 0 Å². The summed E-state index contributed by atoms with van der Waals surface area (Å²) in [5, 5.41) is 8.88. The lowest BCUT2D eigenvalue weighted by molar-refractivity contribution is -0.147. The largest absolute Gasteiger partial charge is 0.480 e. The highest BCUT2D eigenvalue weighted by Gasteiger charge is 2.30. The second-order valence-electron chi connectivity index (χ2n) is 4.21. The van der Waals surface area contributed by atoms with Crippen molar-refractivity contribution in [3.05, 3.63) is 0 Å². The van der Waals surface area contributed by atoms with Crippen molar-refractivity contribution in [3.63, 3.8) is 0 Å². The molecule has 1 saturated heterocycles. The van der Waals surface area contributed by atoms with Crippen molar-refractivity contribution in [2.45, 2.75) is 31.4 Å². The normalized spacial score (nSPS) is 21.0. The van der Waals surface area contributed by atoms with Crippen LogP contribution < -0.4 is 4.72 Å². The van der Waals surface area contributed by atoms with Crippen molar-refractivity contribution in [2.75, 3.05) is 19.5 Å². The summed E-state index contributed by atoms with van der Waals surface area (Å²) in [5.41, 5.74) is 0. The second-order valence-corrected chi connectivity index (χ2v) is 6.00. The molecule has 2 atom stereocenters. The van der Waals surface area contributed by atoms with Gasteiger partial charge in [0, 0.05) is 6.61 Å². The van der Waals surface area contributed by atoms with Crippen LogP contribution >= 0.6 is 0 Å². The summed E-state index contributed by atoms with van der Waals surface area (Å²) in [4.78, 5) is 21.9. The molecule has 0 aromatic carbocycles. The molecule has 1 aliphatic rings. The van der Waals surface area contributed by atoms with Gasteiger partial charge in [-0.1, -0.05) is 0 Å². The fourth-order valence-corrected chi connectivity index (χ4v) is 3.18. The smallest absolute Gasteiger partial charge is 0.322 e. The van der Waals surface area contributed by atoms with Gasteiger partial charge in [0.2, 0.25) is 10.0 Å². The molecule has 2 N–H and O–H groups in total. The van der Waals surface area contributed by atoms with E-state index in [2.05, 4.69) is 4.74 Å². The Hall–Kier alpha value is -1.19. The Morgan fingerprint density at radius 2 is 2.21 bits per heavy atom. The molecular formula is C10H17NO7S. The Bertz CT molecular complexity index is 427. The highest BCUT2D eigenvalue weighted by atomic mass is 32.2. The molecule has 1 fully saturated rings. The number of ether oxygens (including phenoxy) is 2. The quantitative estimate of drug-likeness (QED) is 0.584. The van der Waals surface area contributed by atoms with Gasteiger partial charge >= 0.3 is 11.9 Å². The van der Waals surface area contributed by atoms with Crippen LogP contribution in [0.1, 0.15) is 19.3 Å². The van der Waals surface area contributed by atoms with E-state index in [1.807, 2.05) is 4.72 Å². The molecule has 9 heteroatoms. The predicted molar refractivity (Wildman–Crippen MR) is 64.0 cm³/mol. The maximum atomic E-state index is 11.8. The van der Waals surface area contributed by atoms with Crippen LogP contribution in [0.5, 0.6) is 0 Å². The molecule has 1 heterocycles. The van der Waals surface area contributed by atoms with Crippen LogP contribution in [0, 0.1) is 0 Å². The molecule has 0 saturated carbocycles. The van der Waals surface area contributed by atoms with E-state index in [4.69, 9.17) is 9.84 Å². The Kier molecular flexibility index (Phi) is 5.70. The van der Waals surface area contributed by atoms with Gasteiger partial charge in [-0.3, -0.25) is 9.59 Å². The molecule has 0 aliphatic carbocycles. The van der Waals surface area contributed by atoms with E-state index in [0.29, 0.717) is 13.0 Å². The highest BCUT2D eigenvalue weighted by molar-refractivity contribution is 7.89. The van der Waals surface area contributed by atoms with Gasteiger partial charge in [-0.05, 0) is 12.8 Å². The molecule has 0 amide bonds. The first-order valence-electron chi connectivity index (χ1n) is 5.75. The fraction of sp³-hybridized carbons (Fsp3) is 0.800. The van der Waals surface area contributed by atoms with Crippen molar-refractivity contribution < 1.29 is 32.6 Å². The zero-order chi connectivity index (χ0) is 14.5. The minimum Gasteiger partial charge on any atom is -0.480 e. The van der Waals surface area contributed by atoms with Gasteiger partial charge in [-0.2, -0.15) is 0 Å². The first-order valence-corrected chi connectivity index (χ1v) is 7.40. The van der Waals surface area contributed by atoms with Crippen molar-refractivity contribution in [3.8, 4) is 0 Å². The third kappa shape index (κ3) is 5.53. The molecule has 0 bridgehead atoms. The number of hydrogen-bond acceptors (Lipinski definition) is 6. The summed E-state index contributed by atoms with van der Waals surface area (Å²) >= 11 is 0. The van der Waals surface area contributed by atoms with E-state index in [-0.39, 0.29) is 5.75 Å². The summed E-state index contributed by atoms with van der Waals surface area (Å²) in [6.07, 6.45) is 0.418.